The molecule has 0 bridgehead atoms. The minimum atomic E-state index is 0.835. The molecule has 0 aliphatic heterocycles. The van der Waals surface area contributed by atoms with Crippen molar-refractivity contribution in [1.82, 2.24) is 0 Å². The maximum atomic E-state index is 6.00. The standard InChI is InChI=1S/C28H40O/c1-3-5-7-8-9-10-20-29-28-19-18-26-21-25(16-17-27(26)22-28)24-14-12-23(13-15-24)11-6-4-2/h14,16-19,21-23H,3-13,15,20H2,1-2H3. The number of unbranched alkanes of at least 4 members (excludes halogenated alkanes) is 6. The summed E-state index contributed by atoms with van der Waals surface area (Å²) in [5.74, 6) is 1.92. The van der Waals surface area contributed by atoms with Gasteiger partial charge < -0.3 is 4.74 Å². The molecule has 0 amide bonds. The Balaban J connectivity index is 1.52. The third-order valence-electron chi connectivity index (χ3n) is 6.43. The van der Waals surface area contributed by atoms with Crippen LogP contribution in [-0.4, -0.2) is 6.61 Å². The third kappa shape index (κ3) is 6.91. The Morgan fingerprint density at radius 3 is 2.38 bits per heavy atom. The van der Waals surface area contributed by atoms with Crippen LogP contribution < -0.4 is 4.74 Å². The maximum Gasteiger partial charge on any atom is 0.119 e. The van der Waals surface area contributed by atoms with Crippen LogP contribution in [0.15, 0.2) is 42.5 Å². The van der Waals surface area contributed by atoms with Crippen LogP contribution in [0.2, 0.25) is 0 Å². The van der Waals surface area contributed by atoms with Crippen molar-refractivity contribution in [3.05, 3.63) is 48.0 Å². The van der Waals surface area contributed by atoms with E-state index in [4.69, 9.17) is 4.74 Å². The van der Waals surface area contributed by atoms with Gasteiger partial charge >= 0.3 is 0 Å². The number of fused-ring (bicyclic) bond motifs is 1. The Kier molecular flexibility index (Phi) is 9.12. The number of benzene rings is 2. The summed E-state index contributed by atoms with van der Waals surface area (Å²) in [4.78, 5) is 0. The molecule has 0 fully saturated rings. The van der Waals surface area contributed by atoms with Gasteiger partial charge in [-0.3, -0.25) is 0 Å². The smallest absolute Gasteiger partial charge is 0.119 e. The molecule has 0 saturated heterocycles. The molecule has 1 heteroatoms. The Labute approximate surface area is 178 Å². The van der Waals surface area contributed by atoms with Crippen molar-refractivity contribution in [2.75, 3.05) is 6.61 Å². The van der Waals surface area contributed by atoms with Gasteiger partial charge in [0.1, 0.15) is 5.75 Å². The van der Waals surface area contributed by atoms with Crippen LogP contribution in [-0.2, 0) is 0 Å². The van der Waals surface area contributed by atoms with E-state index in [0.29, 0.717) is 0 Å². The van der Waals surface area contributed by atoms with E-state index < -0.39 is 0 Å². The van der Waals surface area contributed by atoms with Crippen molar-refractivity contribution < 1.29 is 4.74 Å². The van der Waals surface area contributed by atoms with E-state index in [-0.39, 0.29) is 0 Å². The molecule has 0 spiro atoms. The molecule has 0 aromatic heterocycles. The van der Waals surface area contributed by atoms with Crippen LogP contribution in [0.25, 0.3) is 16.3 Å². The predicted octanol–water partition coefficient (Wildman–Crippen LogP) is 8.95. The van der Waals surface area contributed by atoms with Gasteiger partial charge in [0.25, 0.3) is 0 Å². The molecule has 0 N–H and O–H groups in total. The predicted molar refractivity (Wildman–Crippen MR) is 128 cm³/mol. The number of allylic oxidation sites excluding steroid dienone is 2. The normalized spacial score (nSPS) is 16.8. The van der Waals surface area contributed by atoms with Crippen LogP contribution in [0.1, 0.15) is 96.5 Å². The van der Waals surface area contributed by atoms with Gasteiger partial charge in [-0.2, -0.15) is 0 Å². The zero-order valence-corrected chi connectivity index (χ0v) is 18.7. The molecule has 1 aliphatic rings. The van der Waals surface area contributed by atoms with Gasteiger partial charge in [-0.1, -0.05) is 89.5 Å². The fourth-order valence-electron chi connectivity index (χ4n) is 4.49. The fraction of sp³-hybridized carbons (Fsp3) is 0.571. The Morgan fingerprint density at radius 1 is 0.828 bits per heavy atom. The van der Waals surface area contributed by atoms with Crippen LogP contribution in [0, 0.1) is 5.92 Å². The Hall–Kier alpha value is -1.76. The SMILES string of the molecule is CCCCCCCCOc1ccc2cc(C3=CCC(CCCC)CC3)ccc2c1. The third-order valence-corrected chi connectivity index (χ3v) is 6.43. The van der Waals surface area contributed by atoms with E-state index in [1.807, 2.05) is 0 Å². The average molecular weight is 393 g/mol. The summed E-state index contributed by atoms with van der Waals surface area (Å²) in [5, 5.41) is 2.61. The summed E-state index contributed by atoms with van der Waals surface area (Å²) in [6.07, 6.45) is 18.3. The van der Waals surface area contributed by atoms with Gasteiger partial charge in [-0.25, -0.2) is 0 Å². The summed E-state index contributed by atoms with van der Waals surface area (Å²) < 4.78 is 6.00. The van der Waals surface area contributed by atoms with E-state index in [2.05, 4.69) is 56.3 Å². The largest absolute Gasteiger partial charge is 0.494 e. The van der Waals surface area contributed by atoms with Gasteiger partial charge in [0.15, 0.2) is 0 Å². The van der Waals surface area contributed by atoms with E-state index in [9.17, 15) is 0 Å². The molecule has 0 heterocycles. The molecule has 0 radical (unpaired) electrons. The van der Waals surface area contributed by atoms with Crippen molar-refractivity contribution in [3.63, 3.8) is 0 Å². The molecule has 1 atom stereocenters. The lowest BCUT2D eigenvalue weighted by Gasteiger charge is -2.22. The van der Waals surface area contributed by atoms with Crippen LogP contribution in [0.5, 0.6) is 5.75 Å². The zero-order chi connectivity index (χ0) is 20.3. The van der Waals surface area contributed by atoms with Gasteiger partial charge in [-0.15, -0.1) is 0 Å². The number of hydrogen-bond donors (Lipinski definition) is 0. The Bertz CT molecular complexity index is 773. The van der Waals surface area contributed by atoms with Gasteiger partial charge in [0.2, 0.25) is 0 Å². The van der Waals surface area contributed by atoms with E-state index >= 15 is 0 Å². The molecule has 1 nitrogen and oxygen atoms in total. The molecule has 3 rings (SSSR count). The first kappa shape index (κ1) is 21.9. The average Bonchev–Trinajstić information content (AvgIpc) is 2.77. The quantitative estimate of drug-likeness (QED) is 0.327. The summed E-state index contributed by atoms with van der Waals surface area (Å²) >= 11 is 0. The summed E-state index contributed by atoms with van der Waals surface area (Å²) in [6.45, 7) is 5.40. The second-order valence-corrected chi connectivity index (χ2v) is 8.85. The van der Waals surface area contributed by atoms with Crippen molar-refractivity contribution in [2.24, 2.45) is 5.92 Å². The highest BCUT2D eigenvalue weighted by Crippen LogP contribution is 2.34. The van der Waals surface area contributed by atoms with Gasteiger partial charge in [0, 0.05) is 0 Å². The molecule has 29 heavy (non-hydrogen) atoms. The monoisotopic (exact) mass is 392 g/mol. The van der Waals surface area contributed by atoms with Crippen LogP contribution >= 0.6 is 0 Å². The molecular weight excluding hydrogens is 352 g/mol. The number of hydrogen-bond acceptors (Lipinski definition) is 1. The lowest BCUT2D eigenvalue weighted by Crippen LogP contribution is -2.05. The molecular formula is C28H40O. The van der Waals surface area contributed by atoms with E-state index in [0.717, 1.165) is 24.7 Å². The van der Waals surface area contributed by atoms with Crippen molar-refractivity contribution >= 4 is 16.3 Å². The highest BCUT2D eigenvalue weighted by Gasteiger charge is 2.15. The lowest BCUT2D eigenvalue weighted by molar-refractivity contribution is 0.305. The summed E-state index contributed by atoms with van der Waals surface area (Å²) in [6, 6.07) is 13.5. The maximum absolute atomic E-state index is 6.00. The second-order valence-electron chi connectivity index (χ2n) is 8.85. The highest BCUT2D eigenvalue weighted by atomic mass is 16.5. The molecule has 2 aromatic rings. The van der Waals surface area contributed by atoms with Crippen molar-refractivity contribution in [2.45, 2.75) is 90.9 Å². The molecule has 1 aliphatic carbocycles. The minimum Gasteiger partial charge on any atom is -0.494 e. The Morgan fingerprint density at radius 2 is 1.59 bits per heavy atom. The highest BCUT2D eigenvalue weighted by molar-refractivity contribution is 5.87. The zero-order valence-electron chi connectivity index (χ0n) is 18.7. The number of ether oxygens (including phenoxy) is 1. The van der Waals surface area contributed by atoms with Crippen LogP contribution in [0.3, 0.4) is 0 Å². The summed E-state index contributed by atoms with van der Waals surface area (Å²) in [7, 11) is 0. The number of rotatable bonds is 12. The summed E-state index contributed by atoms with van der Waals surface area (Å²) in [5.41, 5.74) is 2.95. The van der Waals surface area contributed by atoms with Crippen LogP contribution in [0.4, 0.5) is 0 Å². The van der Waals surface area contributed by atoms with Gasteiger partial charge in [-0.05, 0) is 71.7 Å². The molecule has 2 aromatic carbocycles. The fourth-order valence-corrected chi connectivity index (χ4v) is 4.49. The van der Waals surface area contributed by atoms with Crippen molar-refractivity contribution in [1.29, 1.82) is 0 Å². The second kappa shape index (κ2) is 12.1. The molecule has 0 saturated carbocycles. The molecule has 158 valence electrons. The van der Waals surface area contributed by atoms with E-state index in [1.165, 1.54) is 87.0 Å². The molecule has 1 unspecified atom stereocenters. The first-order valence-corrected chi connectivity index (χ1v) is 12.2. The minimum absolute atomic E-state index is 0.835. The van der Waals surface area contributed by atoms with Crippen molar-refractivity contribution in [3.8, 4) is 5.75 Å². The topological polar surface area (TPSA) is 9.23 Å². The first-order valence-electron chi connectivity index (χ1n) is 12.2. The lowest BCUT2D eigenvalue weighted by atomic mass is 9.84. The van der Waals surface area contributed by atoms with Gasteiger partial charge in [0.05, 0.1) is 6.61 Å². The first-order chi connectivity index (χ1) is 14.3. The van der Waals surface area contributed by atoms with E-state index in [1.54, 1.807) is 5.57 Å².